The summed E-state index contributed by atoms with van der Waals surface area (Å²) in [5.41, 5.74) is 1.14. The molecule has 180 valence electrons. The molecular formula is C26H23ClN2O6. The number of ether oxygens (including phenoxy) is 3. The number of carbonyl (C=O) groups excluding carboxylic acids is 2. The van der Waals surface area contributed by atoms with Crippen LogP contribution in [0.5, 0.6) is 17.2 Å². The Kier molecular flexibility index (Phi) is 6.93. The van der Waals surface area contributed by atoms with Crippen LogP contribution in [0.3, 0.4) is 0 Å². The highest BCUT2D eigenvalue weighted by atomic mass is 35.5. The zero-order valence-corrected chi connectivity index (χ0v) is 20.1. The average molecular weight is 495 g/mol. The molecule has 1 atom stereocenters. The summed E-state index contributed by atoms with van der Waals surface area (Å²) in [4.78, 5) is 32.3. The minimum atomic E-state index is -0.952. The molecule has 1 N–H and O–H groups in total. The van der Waals surface area contributed by atoms with Crippen LogP contribution in [0.4, 0.5) is 0 Å². The number of aromatic nitrogens is 1. The van der Waals surface area contributed by atoms with E-state index in [1.165, 1.54) is 38.4 Å². The predicted octanol–water partition coefficient (Wildman–Crippen LogP) is 4.38. The van der Waals surface area contributed by atoms with E-state index >= 15 is 0 Å². The lowest BCUT2D eigenvalue weighted by molar-refractivity contribution is -0.140. The van der Waals surface area contributed by atoms with Gasteiger partial charge in [-0.05, 0) is 24.3 Å². The Bertz CT molecular complexity index is 1310. The number of aliphatic hydroxyl groups excluding tert-OH is 1. The normalized spacial score (nSPS) is 16.9. The molecule has 0 aliphatic carbocycles. The first-order chi connectivity index (χ1) is 16.9. The third-order valence-corrected chi connectivity index (χ3v) is 6.07. The molecule has 0 bridgehead atoms. The van der Waals surface area contributed by atoms with Crippen LogP contribution in [-0.4, -0.2) is 48.0 Å². The highest BCUT2D eigenvalue weighted by Gasteiger charge is 2.47. The summed E-state index contributed by atoms with van der Waals surface area (Å²) in [5.74, 6) is -0.924. The fourth-order valence-corrected chi connectivity index (χ4v) is 4.34. The Labute approximate surface area is 207 Å². The molecule has 1 aromatic heterocycles. The number of halogens is 1. The summed E-state index contributed by atoms with van der Waals surface area (Å²) in [6.45, 7) is 0.0626. The largest absolute Gasteiger partial charge is 0.507 e. The second-order valence-corrected chi connectivity index (χ2v) is 8.09. The van der Waals surface area contributed by atoms with Crippen LogP contribution in [-0.2, 0) is 16.1 Å². The van der Waals surface area contributed by atoms with Gasteiger partial charge in [0, 0.05) is 17.8 Å². The number of Topliss-reactive ketones (excluding diaryl/α,β-unsaturated/α-hetero) is 1. The standard InChI is InChI=1S/C26H23ClN2O6/c1-33-19-10-5-4-8-15(19)14-29-23(18-9-6-7-11-28-18)22(25(31)26(29)32)24(30)16-12-17(27)21(35-3)13-20(16)34-2/h4-13,23,30H,14H2,1-3H3/b24-22+. The van der Waals surface area contributed by atoms with Crippen LogP contribution in [0.25, 0.3) is 5.76 Å². The lowest BCUT2D eigenvalue weighted by Gasteiger charge is -2.25. The first-order valence-electron chi connectivity index (χ1n) is 10.6. The van der Waals surface area contributed by atoms with E-state index in [1.807, 2.05) is 12.1 Å². The van der Waals surface area contributed by atoms with Crippen molar-refractivity contribution >= 4 is 29.1 Å². The number of methoxy groups -OCH3 is 3. The number of nitrogens with zero attached hydrogens (tertiary/aromatic N) is 2. The van der Waals surface area contributed by atoms with Gasteiger partial charge in [0.05, 0.1) is 49.7 Å². The maximum atomic E-state index is 13.3. The maximum Gasteiger partial charge on any atom is 0.296 e. The van der Waals surface area contributed by atoms with Crippen LogP contribution < -0.4 is 14.2 Å². The van der Waals surface area contributed by atoms with Gasteiger partial charge >= 0.3 is 0 Å². The molecule has 1 aliphatic heterocycles. The third kappa shape index (κ3) is 4.40. The number of para-hydroxylation sites is 1. The number of amides is 1. The van der Waals surface area contributed by atoms with Gasteiger partial charge in [0.15, 0.2) is 0 Å². The van der Waals surface area contributed by atoms with Crippen LogP contribution in [0.1, 0.15) is 22.9 Å². The zero-order chi connectivity index (χ0) is 25.1. The molecule has 0 saturated carbocycles. The Hall–Kier alpha value is -4.04. The minimum absolute atomic E-state index is 0.0626. The summed E-state index contributed by atoms with van der Waals surface area (Å²) < 4.78 is 16.0. The number of rotatable bonds is 7. The molecular weight excluding hydrogens is 472 g/mol. The first kappa shape index (κ1) is 24.1. The van der Waals surface area contributed by atoms with Crippen molar-refractivity contribution in [3.05, 3.63) is 88.2 Å². The van der Waals surface area contributed by atoms with Crippen molar-refractivity contribution in [2.75, 3.05) is 21.3 Å². The first-order valence-corrected chi connectivity index (χ1v) is 11.0. The van der Waals surface area contributed by atoms with Gasteiger partial charge in [-0.25, -0.2) is 0 Å². The van der Waals surface area contributed by atoms with Gasteiger partial charge in [-0.2, -0.15) is 0 Å². The maximum absolute atomic E-state index is 13.3. The van der Waals surface area contributed by atoms with E-state index in [9.17, 15) is 14.7 Å². The van der Waals surface area contributed by atoms with Gasteiger partial charge in [-0.3, -0.25) is 14.6 Å². The third-order valence-electron chi connectivity index (χ3n) is 5.77. The SMILES string of the molecule is COc1cc(OC)c(/C(O)=C2\C(=O)C(=O)N(Cc3ccccc3OC)C2c2ccccn2)cc1Cl. The van der Waals surface area contributed by atoms with Crippen molar-refractivity contribution in [1.29, 1.82) is 0 Å². The number of benzene rings is 2. The van der Waals surface area contributed by atoms with E-state index in [-0.39, 0.29) is 28.5 Å². The van der Waals surface area contributed by atoms with Gasteiger partial charge in [0.25, 0.3) is 11.7 Å². The smallest absolute Gasteiger partial charge is 0.296 e. The van der Waals surface area contributed by atoms with E-state index < -0.39 is 23.5 Å². The van der Waals surface area contributed by atoms with Crippen molar-refractivity contribution in [3.8, 4) is 17.2 Å². The zero-order valence-electron chi connectivity index (χ0n) is 19.3. The van der Waals surface area contributed by atoms with E-state index in [0.29, 0.717) is 22.8 Å². The van der Waals surface area contributed by atoms with Crippen LogP contribution in [0, 0.1) is 0 Å². The lowest BCUT2D eigenvalue weighted by atomic mass is 9.97. The average Bonchev–Trinajstić information content (AvgIpc) is 3.13. The Morgan fingerprint density at radius 1 is 0.971 bits per heavy atom. The fraction of sp³-hybridized carbons (Fsp3) is 0.192. The quantitative estimate of drug-likeness (QED) is 0.295. The highest BCUT2D eigenvalue weighted by Crippen LogP contribution is 2.43. The summed E-state index contributed by atoms with van der Waals surface area (Å²) in [6.07, 6.45) is 1.56. The Morgan fingerprint density at radius 3 is 2.31 bits per heavy atom. The minimum Gasteiger partial charge on any atom is -0.507 e. The van der Waals surface area contributed by atoms with Gasteiger partial charge in [-0.15, -0.1) is 0 Å². The van der Waals surface area contributed by atoms with Crippen molar-refractivity contribution in [3.63, 3.8) is 0 Å². The molecule has 2 aromatic carbocycles. The van der Waals surface area contributed by atoms with Gasteiger partial charge < -0.3 is 24.2 Å². The second kappa shape index (κ2) is 10.1. The topological polar surface area (TPSA) is 98.2 Å². The fourth-order valence-electron chi connectivity index (χ4n) is 4.10. The molecule has 4 rings (SSSR count). The number of hydrogen-bond acceptors (Lipinski definition) is 7. The molecule has 1 aliphatic rings. The van der Waals surface area contributed by atoms with Crippen molar-refractivity contribution in [2.24, 2.45) is 0 Å². The number of likely N-dealkylation sites (tertiary alicyclic amines) is 1. The Morgan fingerprint density at radius 2 is 1.66 bits per heavy atom. The molecule has 1 unspecified atom stereocenters. The Balaban J connectivity index is 1.91. The number of aliphatic hydroxyl groups is 1. The second-order valence-electron chi connectivity index (χ2n) is 7.68. The molecule has 1 amide bonds. The highest BCUT2D eigenvalue weighted by molar-refractivity contribution is 6.46. The van der Waals surface area contributed by atoms with E-state index in [4.69, 9.17) is 25.8 Å². The summed E-state index contributed by atoms with van der Waals surface area (Å²) in [5, 5.41) is 11.6. The number of carbonyl (C=O) groups is 2. The summed E-state index contributed by atoms with van der Waals surface area (Å²) in [6, 6.07) is 14.3. The molecule has 3 aromatic rings. The van der Waals surface area contributed by atoms with Gasteiger partial charge in [0.1, 0.15) is 29.0 Å². The molecule has 8 nitrogen and oxygen atoms in total. The molecule has 1 fully saturated rings. The van der Waals surface area contributed by atoms with Gasteiger partial charge in [0.2, 0.25) is 0 Å². The lowest BCUT2D eigenvalue weighted by Crippen LogP contribution is -2.29. The summed E-state index contributed by atoms with van der Waals surface area (Å²) in [7, 11) is 4.39. The summed E-state index contributed by atoms with van der Waals surface area (Å²) >= 11 is 6.29. The number of pyridine rings is 1. The molecule has 0 spiro atoms. The molecule has 2 heterocycles. The van der Waals surface area contributed by atoms with E-state index in [2.05, 4.69) is 4.98 Å². The molecule has 35 heavy (non-hydrogen) atoms. The van der Waals surface area contributed by atoms with E-state index in [0.717, 1.165) is 0 Å². The van der Waals surface area contributed by atoms with E-state index in [1.54, 1.807) is 36.5 Å². The molecule has 1 saturated heterocycles. The van der Waals surface area contributed by atoms with Crippen molar-refractivity contribution in [1.82, 2.24) is 9.88 Å². The molecule has 0 radical (unpaired) electrons. The molecule has 9 heteroatoms. The predicted molar refractivity (Wildman–Crippen MR) is 130 cm³/mol. The van der Waals surface area contributed by atoms with Crippen molar-refractivity contribution in [2.45, 2.75) is 12.6 Å². The van der Waals surface area contributed by atoms with Crippen LogP contribution in [0.15, 0.2) is 66.4 Å². The number of hydrogen-bond donors (Lipinski definition) is 1. The van der Waals surface area contributed by atoms with Crippen molar-refractivity contribution < 1.29 is 28.9 Å². The van der Waals surface area contributed by atoms with Gasteiger partial charge in [-0.1, -0.05) is 35.9 Å². The monoisotopic (exact) mass is 494 g/mol. The van der Waals surface area contributed by atoms with Crippen LogP contribution in [0.2, 0.25) is 5.02 Å². The number of ketones is 1. The van der Waals surface area contributed by atoms with Crippen LogP contribution >= 0.6 is 11.6 Å².